The van der Waals surface area contributed by atoms with E-state index < -0.39 is 0 Å². The Bertz CT molecular complexity index is 265. The minimum atomic E-state index is 0.443. The Balaban J connectivity index is 2.70. The number of carbonyl (C=O) groups excluding carboxylic acids is 1. The number of H-pyrrole nitrogens is 1. The number of aromatic nitrogens is 2. The fourth-order valence-electron chi connectivity index (χ4n) is 1.16. The van der Waals surface area contributed by atoms with Crippen LogP contribution < -0.4 is 0 Å². The van der Waals surface area contributed by atoms with Gasteiger partial charge >= 0.3 is 0 Å². The average molecular weight is 166 g/mol. The summed E-state index contributed by atoms with van der Waals surface area (Å²) in [5, 5.41) is 0. The van der Waals surface area contributed by atoms with Crippen LogP contribution in [0, 0.1) is 6.92 Å². The van der Waals surface area contributed by atoms with Crippen molar-refractivity contribution in [3.05, 3.63) is 17.2 Å². The minimum Gasteiger partial charge on any atom is -0.340 e. The Kier molecular flexibility index (Phi) is 3.02. The number of hydrogen-bond donors (Lipinski definition) is 1. The summed E-state index contributed by atoms with van der Waals surface area (Å²) < 4.78 is 0. The summed E-state index contributed by atoms with van der Waals surface area (Å²) in [5.41, 5.74) is 2.05. The second-order valence-corrected chi connectivity index (χ2v) is 2.92. The van der Waals surface area contributed by atoms with Gasteiger partial charge in [0.15, 0.2) is 12.1 Å². The molecule has 0 aliphatic heterocycles. The number of imidazole rings is 1. The average Bonchev–Trinajstić information content (AvgIpc) is 2.43. The monoisotopic (exact) mass is 166 g/mol. The predicted molar refractivity (Wildman–Crippen MR) is 47.3 cm³/mol. The number of aldehydes is 1. The van der Waals surface area contributed by atoms with Crippen molar-refractivity contribution in [2.75, 3.05) is 0 Å². The second-order valence-electron chi connectivity index (χ2n) is 2.92. The normalized spacial score (nSPS) is 10.2. The van der Waals surface area contributed by atoms with Crippen LogP contribution in [0.25, 0.3) is 0 Å². The van der Waals surface area contributed by atoms with Gasteiger partial charge in [0.25, 0.3) is 0 Å². The van der Waals surface area contributed by atoms with E-state index in [2.05, 4.69) is 16.9 Å². The minimum absolute atomic E-state index is 0.443. The van der Waals surface area contributed by atoms with Gasteiger partial charge in [0.1, 0.15) is 0 Å². The van der Waals surface area contributed by atoms with Gasteiger partial charge in [-0.15, -0.1) is 0 Å². The highest BCUT2D eigenvalue weighted by atomic mass is 16.1. The summed E-state index contributed by atoms with van der Waals surface area (Å²) in [5.74, 6) is 0.443. The Morgan fingerprint density at radius 1 is 1.58 bits per heavy atom. The lowest BCUT2D eigenvalue weighted by molar-refractivity contribution is 0.111. The molecule has 0 saturated carbocycles. The summed E-state index contributed by atoms with van der Waals surface area (Å²) in [6, 6.07) is 0. The summed E-state index contributed by atoms with van der Waals surface area (Å²) in [6.45, 7) is 4.09. The van der Waals surface area contributed by atoms with E-state index in [1.807, 2.05) is 6.92 Å². The zero-order chi connectivity index (χ0) is 8.97. The van der Waals surface area contributed by atoms with Gasteiger partial charge in [-0.1, -0.05) is 13.3 Å². The molecule has 0 fully saturated rings. The van der Waals surface area contributed by atoms with Crippen LogP contribution >= 0.6 is 0 Å². The lowest BCUT2D eigenvalue weighted by Gasteiger charge is -1.93. The molecule has 1 rings (SSSR count). The first-order chi connectivity index (χ1) is 5.77. The Morgan fingerprint density at radius 3 is 2.83 bits per heavy atom. The topological polar surface area (TPSA) is 45.8 Å². The van der Waals surface area contributed by atoms with Crippen LogP contribution in [0.1, 0.15) is 41.8 Å². The van der Waals surface area contributed by atoms with Gasteiger partial charge in [-0.25, -0.2) is 4.98 Å². The Labute approximate surface area is 72.2 Å². The van der Waals surface area contributed by atoms with E-state index in [4.69, 9.17) is 0 Å². The lowest BCUT2D eigenvalue weighted by Crippen LogP contribution is -1.87. The fraction of sp³-hybridized carbons (Fsp3) is 0.556. The summed E-state index contributed by atoms with van der Waals surface area (Å²) in [7, 11) is 0. The van der Waals surface area contributed by atoms with Crippen LogP contribution in [-0.2, 0) is 6.42 Å². The molecule has 0 aliphatic rings. The van der Waals surface area contributed by atoms with Gasteiger partial charge < -0.3 is 4.98 Å². The number of aromatic amines is 1. The van der Waals surface area contributed by atoms with Crippen molar-refractivity contribution in [1.29, 1.82) is 0 Å². The molecular formula is C9H14N2O. The lowest BCUT2D eigenvalue weighted by atomic mass is 10.2. The number of nitrogens with zero attached hydrogens (tertiary/aromatic N) is 1. The first-order valence-corrected chi connectivity index (χ1v) is 4.28. The summed E-state index contributed by atoms with van der Waals surface area (Å²) in [6.07, 6.45) is 4.00. The molecule has 0 saturated heterocycles. The first kappa shape index (κ1) is 8.97. The maximum atomic E-state index is 10.4. The molecule has 0 aromatic carbocycles. The van der Waals surface area contributed by atoms with Crippen molar-refractivity contribution < 1.29 is 4.79 Å². The molecule has 0 radical (unpaired) electrons. The van der Waals surface area contributed by atoms with E-state index >= 15 is 0 Å². The van der Waals surface area contributed by atoms with Crippen molar-refractivity contribution in [3.63, 3.8) is 0 Å². The third kappa shape index (κ3) is 1.94. The van der Waals surface area contributed by atoms with E-state index in [-0.39, 0.29) is 0 Å². The molecule has 1 aromatic heterocycles. The van der Waals surface area contributed by atoms with Gasteiger partial charge in [0, 0.05) is 5.69 Å². The van der Waals surface area contributed by atoms with Crippen molar-refractivity contribution in [2.45, 2.75) is 33.1 Å². The number of carbonyl (C=O) groups is 1. The molecule has 66 valence electrons. The zero-order valence-electron chi connectivity index (χ0n) is 7.55. The number of aryl methyl sites for hydroxylation is 2. The molecule has 0 atom stereocenters. The fourth-order valence-corrected chi connectivity index (χ4v) is 1.16. The molecule has 12 heavy (non-hydrogen) atoms. The smallest absolute Gasteiger partial charge is 0.185 e. The molecule has 1 aromatic rings. The molecule has 0 amide bonds. The molecule has 0 unspecified atom stereocenters. The molecule has 0 bridgehead atoms. The van der Waals surface area contributed by atoms with Gasteiger partial charge in [-0.3, -0.25) is 4.79 Å². The third-order valence-corrected chi connectivity index (χ3v) is 1.88. The first-order valence-electron chi connectivity index (χ1n) is 4.28. The number of rotatable bonds is 4. The van der Waals surface area contributed by atoms with Crippen molar-refractivity contribution >= 4 is 6.29 Å². The van der Waals surface area contributed by atoms with Gasteiger partial charge in [-0.05, 0) is 19.8 Å². The third-order valence-electron chi connectivity index (χ3n) is 1.88. The maximum Gasteiger partial charge on any atom is 0.185 e. The summed E-state index contributed by atoms with van der Waals surface area (Å²) in [4.78, 5) is 17.4. The SMILES string of the molecule is CCCCc1nc(C=O)[nH]c1C. The van der Waals surface area contributed by atoms with Crippen molar-refractivity contribution in [1.82, 2.24) is 9.97 Å². The van der Waals surface area contributed by atoms with Crippen LogP contribution in [0.5, 0.6) is 0 Å². The van der Waals surface area contributed by atoms with Crippen LogP contribution in [0.4, 0.5) is 0 Å². The highest BCUT2D eigenvalue weighted by Crippen LogP contribution is 2.07. The standard InChI is InChI=1S/C9H14N2O/c1-3-4-5-8-7(2)10-9(6-12)11-8/h6H,3-5H2,1-2H3,(H,10,11). The molecule has 3 nitrogen and oxygen atoms in total. The number of nitrogens with one attached hydrogen (secondary N) is 1. The Hall–Kier alpha value is -1.12. The van der Waals surface area contributed by atoms with E-state index in [0.29, 0.717) is 5.82 Å². The molecule has 1 N–H and O–H groups in total. The number of unbranched alkanes of at least 4 members (excludes halogenated alkanes) is 1. The van der Waals surface area contributed by atoms with Gasteiger partial charge in [0.2, 0.25) is 0 Å². The Morgan fingerprint density at radius 2 is 2.33 bits per heavy atom. The number of hydrogen-bond acceptors (Lipinski definition) is 2. The van der Waals surface area contributed by atoms with E-state index in [1.54, 1.807) is 0 Å². The summed E-state index contributed by atoms with van der Waals surface area (Å²) >= 11 is 0. The van der Waals surface area contributed by atoms with E-state index in [9.17, 15) is 4.79 Å². The molecule has 0 spiro atoms. The van der Waals surface area contributed by atoms with Gasteiger partial charge in [-0.2, -0.15) is 0 Å². The van der Waals surface area contributed by atoms with Crippen LogP contribution in [0.15, 0.2) is 0 Å². The van der Waals surface area contributed by atoms with Crippen molar-refractivity contribution in [2.24, 2.45) is 0 Å². The molecule has 1 heterocycles. The largest absolute Gasteiger partial charge is 0.340 e. The maximum absolute atomic E-state index is 10.4. The van der Waals surface area contributed by atoms with E-state index in [1.165, 1.54) is 0 Å². The highest BCUT2D eigenvalue weighted by molar-refractivity contribution is 5.69. The zero-order valence-corrected chi connectivity index (χ0v) is 7.55. The second kappa shape index (κ2) is 4.04. The molecule has 0 aliphatic carbocycles. The van der Waals surface area contributed by atoms with E-state index in [0.717, 1.165) is 36.9 Å². The van der Waals surface area contributed by atoms with Crippen LogP contribution in [0.2, 0.25) is 0 Å². The molecular weight excluding hydrogens is 152 g/mol. The van der Waals surface area contributed by atoms with Crippen LogP contribution in [0.3, 0.4) is 0 Å². The van der Waals surface area contributed by atoms with Crippen molar-refractivity contribution in [3.8, 4) is 0 Å². The predicted octanol–water partition coefficient (Wildman–Crippen LogP) is 1.87. The van der Waals surface area contributed by atoms with Crippen LogP contribution in [-0.4, -0.2) is 16.3 Å². The highest BCUT2D eigenvalue weighted by Gasteiger charge is 2.04. The molecule has 3 heteroatoms. The quantitative estimate of drug-likeness (QED) is 0.694. The van der Waals surface area contributed by atoms with Gasteiger partial charge in [0.05, 0.1) is 5.69 Å².